The maximum atomic E-state index is 2.49. The van der Waals surface area contributed by atoms with Gasteiger partial charge in [-0.25, -0.2) is 0 Å². The fraction of sp³-hybridized carbons (Fsp3) is 0.400. The van der Waals surface area contributed by atoms with Gasteiger partial charge >= 0.3 is 0 Å². The molecule has 0 aliphatic rings. The van der Waals surface area contributed by atoms with E-state index in [0.29, 0.717) is 6.04 Å². The van der Waals surface area contributed by atoms with Crippen LogP contribution in [-0.2, 0) is 0 Å². The first kappa shape index (κ1) is 15.6. The van der Waals surface area contributed by atoms with Gasteiger partial charge in [0.25, 0.3) is 0 Å². The van der Waals surface area contributed by atoms with Gasteiger partial charge < -0.3 is 4.90 Å². The van der Waals surface area contributed by atoms with Crippen molar-refractivity contribution in [2.24, 2.45) is 0 Å². The zero-order valence-corrected chi connectivity index (χ0v) is 14.2. The van der Waals surface area contributed by atoms with Gasteiger partial charge in [0.2, 0.25) is 0 Å². The van der Waals surface area contributed by atoms with E-state index in [1.807, 2.05) is 0 Å². The van der Waals surface area contributed by atoms with Gasteiger partial charge in [-0.3, -0.25) is 0 Å². The third-order valence-electron chi connectivity index (χ3n) is 4.22. The Bertz CT molecular complexity index is 587. The van der Waals surface area contributed by atoms with Gasteiger partial charge in [-0.2, -0.15) is 0 Å². The molecule has 0 spiro atoms. The van der Waals surface area contributed by atoms with Gasteiger partial charge in [0.1, 0.15) is 0 Å². The molecule has 2 rings (SSSR count). The van der Waals surface area contributed by atoms with Crippen LogP contribution in [0.2, 0.25) is 0 Å². The van der Waals surface area contributed by atoms with Crippen molar-refractivity contribution in [1.82, 2.24) is 0 Å². The first-order valence-corrected chi connectivity index (χ1v) is 7.87. The van der Waals surface area contributed by atoms with E-state index in [9.17, 15) is 0 Å². The second-order valence-corrected chi connectivity index (χ2v) is 6.21. The fourth-order valence-corrected chi connectivity index (χ4v) is 3.04. The van der Waals surface area contributed by atoms with Crippen LogP contribution >= 0.6 is 0 Å². The van der Waals surface area contributed by atoms with Crippen molar-refractivity contribution in [2.45, 2.75) is 54.0 Å². The van der Waals surface area contributed by atoms with Gasteiger partial charge in [-0.15, -0.1) is 0 Å². The Labute approximate surface area is 129 Å². The molecule has 1 unspecified atom stereocenters. The topological polar surface area (TPSA) is 3.24 Å². The normalized spacial score (nSPS) is 12.3. The lowest BCUT2D eigenvalue weighted by Gasteiger charge is -2.34. The molecule has 0 saturated heterocycles. The maximum Gasteiger partial charge on any atom is 0.0472 e. The minimum absolute atomic E-state index is 0.479. The van der Waals surface area contributed by atoms with Gasteiger partial charge in [-0.1, -0.05) is 42.3 Å². The molecule has 2 aromatic rings. The summed E-state index contributed by atoms with van der Waals surface area (Å²) in [5.41, 5.74) is 7.99. The van der Waals surface area contributed by atoms with Gasteiger partial charge in [-0.05, 0) is 64.3 Å². The molecule has 0 aliphatic heterocycles. The zero-order chi connectivity index (χ0) is 15.6. The van der Waals surface area contributed by atoms with E-state index < -0.39 is 0 Å². The van der Waals surface area contributed by atoms with Gasteiger partial charge in [0, 0.05) is 17.4 Å². The highest BCUT2D eigenvalue weighted by atomic mass is 15.2. The van der Waals surface area contributed by atoms with Crippen molar-refractivity contribution < 1.29 is 0 Å². The number of nitrogens with zero attached hydrogens (tertiary/aromatic N) is 1. The molecule has 0 bridgehead atoms. The Kier molecular flexibility index (Phi) is 4.72. The van der Waals surface area contributed by atoms with Crippen LogP contribution in [0.3, 0.4) is 0 Å². The van der Waals surface area contributed by atoms with E-state index in [0.717, 1.165) is 6.42 Å². The molecule has 2 aromatic carbocycles. The fourth-order valence-electron chi connectivity index (χ4n) is 3.04. The number of hydrogen-bond acceptors (Lipinski definition) is 1. The van der Waals surface area contributed by atoms with Crippen molar-refractivity contribution in [1.29, 1.82) is 0 Å². The highest BCUT2D eigenvalue weighted by molar-refractivity contribution is 5.71. The van der Waals surface area contributed by atoms with Crippen molar-refractivity contribution in [3.05, 3.63) is 58.7 Å². The highest BCUT2D eigenvalue weighted by Crippen LogP contribution is 2.35. The third-order valence-corrected chi connectivity index (χ3v) is 4.22. The van der Waals surface area contributed by atoms with E-state index in [4.69, 9.17) is 0 Å². The minimum Gasteiger partial charge on any atom is -0.338 e. The molecule has 0 heterocycles. The van der Waals surface area contributed by atoms with E-state index in [-0.39, 0.29) is 0 Å². The number of rotatable bonds is 4. The first-order valence-electron chi connectivity index (χ1n) is 7.87. The molecule has 0 radical (unpaired) electrons. The quantitative estimate of drug-likeness (QED) is 0.678. The molecular weight excluding hydrogens is 254 g/mol. The highest BCUT2D eigenvalue weighted by Gasteiger charge is 2.19. The Hall–Kier alpha value is -1.76. The Balaban J connectivity index is 2.59. The molecule has 0 saturated carbocycles. The summed E-state index contributed by atoms with van der Waals surface area (Å²) in [4.78, 5) is 2.49. The van der Waals surface area contributed by atoms with Crippen LogP contribution in [0, 0.1) is 27.7 Å². The molecule has 0 aromatic heterocycles. The predicted octanol–water partition coefficient (Wildman–Crippen LogP) is 5.86. The average Bonchev–Trinajstić information content (AvgIpc) is 2.43. The summed E-state index contributed by atoms with van der Waals surface area (Å²) < 4.78 is 0. The molecule has 1 atom stereocenters. The third kappa shape index (κ3) is 3.29. The van der Waals surface area contributed by atoms with Crippen LogP contribution < -0.4 is 4.90 Å². The second-order valence-electron chi connectivity index (χ2n) is 6.21. The number of anilines is 2. The van der Waals surface area contributed by atoms with E-state index in [1.54, 1.807) is 0 Å². The second kappa shape index (κ2) is 6.34. The number of benzene rings is 2. The van der Waals surface area contributed by atoms with Crippen molar-refractivity contribution in [3.63, 3.8) is 0 Å². The smallest absolute Gasteiger partial charge is 0.0472 e. The molecule has 21 heavy (non-hydrogen) atoms. The summed E-state index contributed by atoms with van der Waals surface area (Å²) in [5.74, 6) is 0. The Morgan fingerprint density at radius 1 is 0.857 bits per heavy atom. The lowest BCUT2D eigenvalue weighted by molar-refractivity contribution is 0.685. The van der Waals surface area contributed by atoms with Gasteiger partial charge in [0.05, 0.1) is 0 Å². The van der Waals surface area contributed by atoms with Crippen molar-refractivity contribution in [3.8, 4) is 0 Å². The molecule has 0 amide bonds. The Morgan fingerprint density at radius 2 is 1.38 bits per heavy atom. The van der Waals surface area contributed by atoms with Crippen molar-refractivity contribution >= 4 is 11.4 Å². The summed E-state index contributed by atoms with van der Waals surface area (Å²) in [5, 5.41) is 0. The van der Waals surface area contributed by atoms with Crippen molar-refractivity contribution in [2.75, 3.05) is 4.90 Å². The molecule has 1 nitrogen and oxygen atoms in total. The van der Waals surface area contributed by atoms with E-state index >= 15 is 0 Å². The number of aryl methyl sites for hydroxylation is 4. The summed E-state index contributed by atoms with van der Waals surface area (Å²) >= 11 is 0. The first-order chi connectivity index (χ1) is 9.93. The van der Waals surface area contributed by atoms with Crippen LogP contribution in [0.4, 0.5) is 11.4 Å². The summed E-state index contributed by atoms with van der Waals surface area (Å²) in [7, 11) is 0. The molecular formula is C20H27N. The SMILES string of the molecule is CCC(C)N(c1ccc(C)cc1)c1c(C)cc(C)cc1C. The molecule has 112 valence electrons. The zero-order valence-electron chi connectivity index (χ0n) is 14.2. The lowest BCUT2D eigenvalue weighted by Crippen LogP contribution is -2.29. The van der Waals surface area contributed by atoms with Crippen LogP contribution in [-0.4, -0.2) is 6.04 Å². The van der Waals surface area contributed by atoms with Gasteiger partial charge in [0.15, 0.2) is 0 Å². The summed E-state index contributed by atoms with van der Waals surface area (Å²) in [6.45, 7) is 13.3. The summed E-state index contributed by atoms with van der Waals surface area (Å²) in [6.07, 6.45) is 1.13. The average molecular weight is 281 g/mol. The lowest BCUT2D eigenvalue weighted by atomic mass is 10.0. The monoisotopic (exact) mass is 281 g/mol. The van der Waals surface area contributed by atoms with Crippen LogP contribution in [0.15, 0.2) is 36.4 Å². The number of hydrogen-bond donors (Lipinski definition) is 0. The standard InChI is InChI=1S/C20H27N/c1-7-18(6)21(19-10-8-14(2)9-11-19)20-16(4)12-15(3)13-17(20)5/h8-13,18H,7H2,1-6H3. The maximum absolute atomic E-state index is 2.49. The van der Waals surface area contributed by atoms with Crippen LogP contribution in [0.5, 0.6) is 0 Å². The summed E-state index contributed by atoms with van der Waals surface area (Å²) in [6, 6.07) is 13.9. The van der Waals surface area contributed by atoms with Crippen LogP contribution in [0.1, 0.15) is 42.5 Å². The largest absolute Gasteiger partial charge is 0.338 e. The Morgan fingerprint density at radius 3 is 1.86 bits per heavy atom. The molecule has 0 fully saturated rings. The van der Waals surface area contributed by atoms with E-state index in [1.165, 1.54) is 33.6 Å². The molecule has 0 aliphatic carbocycles. The van der Waals surface area contributed by atoms with Crippen LogP contribution in [0.25, 0.3) is 0 Å². The molecule has 0 N–H and O–H groups in total. The molecule has 1 heteroatoms. The predicted molar refractivity (Wildman–Crippen MR) is 93.7 cm³/mol. The van der Waals surface area contributed by atoms with E-state index in [2.05, 4.69) is 82.8 Å². The minimum atomic E-state index is 0.479.